The molecule has 0 radical (unpaired) electrons. The summed E-state index contributed by atoms with van der Waals surface area (Å²) in [4.78, 5) is 1.79. The van der Waals surface area contributed by atoms with Crippen LogP contribution in [0.2, 0.25) is 0 Å². The third kappa shape index (κ3) is 4.19. The van der Waals surface area contributed by atoms with E-state index in [1.807, 2.05) is 0 Å². The maximum atomic E-state index is 11.8. The van der Waals surface area contributed by atoms with Crippen LogP contribution in [0.15, 0.2) is 28.0 Å². The average Bonchev–Trinajstić information content (AvgIpc) is 2.26. The molecule has 0 saturated carbocycles. The summed E-state index contributed by atoms with van der Waals surface area (Å²) in [6, 6.07) is 4.16. The van der Waals surface area contributed by atoms with Crippen LogP contribution < -0.4 is 4.90 Å². The molecule has 0 aliphatic heterocycles. The predicted octanol–water partition coefficient (Wildman–Crippen LogP) is 1.32. The van der Waals surface area contributed by atoms with Crippen molar-refractivity contribution in [2.75, 3.05) is 36.3 Å². The Balaban J connectivity index is 3.51. The van der Waals surface area contributed by atoms with Gasteiger partial charge in [0.05, 0.1) is 15.5 Å². The van der Waals surface area contributed by atoms with E-state index in [2.05, 4.69) is 15.9 Å². The third-order valence-electron chi connectivity index (χ3n) is 2.59. The molecule has 108 valence electrons. The highest BCUT2D eigenvalue weighted by Gasteiger charge is 2.19. The molecule has 1 aromatic carbocycles. The first-order valence-corrected chi connectivity index (χ1v) is 10.3. The Bertz CT molecular complexity index is 668. The summed E-state index contributed by atoms with van der Waals surface area (Å²) in [5, 5.41) is 0.681. The number of hydrogen-bond donors (Lipinski definition) is 0. The summed E-state index contributed by atoms with van der Waals surface area (Å²) in [6.45, 7) is 0.612. The van der Waals surface area contributed by atoms with Gasteiger partial charge in [0, 0.05) is 31.4 Å². The zero-order chi connectivity index (χ0) is 14.8. The van der Waals surface area contributed by atoms with E-state index in [0.717, 1.165) is 12.5 Å². The average molecular weight is 370 g/mol. The van der Waals surface area contributed by atoms with Crippen molar-refractivity contribution in [2.45, 2.75) is 9.79 Å². The van der Waals surface area contributed by atoms with Gasteiger partial charge in [0.25, 0.3) is 0 Å². The van der Waals surface area contributed by atoms with Crippen LogP contribution in [0.25, 0.3) is 0 Å². The molecule has 1 rings (SSSR count). The molecule has 0 N–H and O–H groups in total. The van der Waals surface area contributed by atoms with Crippen molar-refractivity contribution in [3.8, 4) is 0 Å². The summed E-state index contributed by atoms with van der Waals surface area (Å²) in [5.74, 6) is 0. The number of sulfone groups is 2. The second-order valence-corrected chi connectivity index (χ2v) is 9.08. The van der Waals surface area contributed by atoms with Gasteiger partial charge in [0.15, 0.2) is 19.7 Å². The van der Waals surface area contributed by atoms with Crippen LogP contribution in [0.5, 0.6) is 0 Å². The first kappa shape index (κ1) is 16.5. The van der Waals surface area contributed by atoms with Gasteiger partial charge in [-0.3, -0.25) is 0 Å². The minimum atomic E-state index is -3.50. The highest BCUT2D eigenvalue weighted by molar-refractivity contribution is 9.09. The van der Waals surface area contributed by atoms with Crippen LogP contribution in [0, 0.1) is 0 Å². The highest BCUT2D eigenvalue weighted by Crippen LogP contribution is 2.27. The Morgan fingerprint density at radius 3 is 2.11 bits per heavy atom. The van der Waals surface area contributed by atoms with Crippen molar-refractivity contribution >= 4 is 41.3 Å². The number of nitrogens with zero attached hydrogens (tertiary/aromatic N) is 1. The molecule has 0 amide bonds. The summed E-state index contributed by atoms with van der Waals surface area (Å²) >= 11 is 3.28. The van der Waals surface area contributed by atoms with Crippen LogP contribution in [0.3, 0.4) is 0 Å². The molecule has 0 bridgehead atoms. The normalized spacial score (nSPS) is 12.4. The number of rotatable bonds is 5. The minimum Gasteiger partial charge on any atom is -0.373 e. The lowest BCUT2D eigenvalue weighted by Gasteiger charge is -2.21. The number of alkyl halides is 1. The van der Waals surface area contributed by atoms with Crippen LogP contribution in [-0.4, -0.2) is 48.3 Å². The van der Waals surface area contributed by atoms with Crippen molar-refractivity contribution < 1.29 is 16.8 Å². The molecule has 0 unspecified atom stereocenters. The van der Waals surface area contributed by atoms with Gasteiger partial charge in [0.1, 0.15) is 0 Å². The second kappa shape index (κ2) is 5.80. The Hall–Kier alpha value is -0.600. The van der Waals surface area contributed by atoms with Crippen molar-refractivity contribution in [3.63, 3.8) is 0 Å². The molecule has 0 spiro atoms. The fraction of sp³-hybridized carbons (Fsp3) is 0.455. The molecule has 19 heavy (non-hydrogen) atoms. The number of anilines is 1. The van der Waals surface area contributed by atoms with Crippen LogP contribution in [0.1, 0.15) is 0 Å². The van der Waals surface area contributed by atoms with E-state index in [4.69, 9.17) is 0 Å². The van der Waals surface area contributed by atoms with E-state index in [1.165, 1.54) is 18.2 Å². The molecule has 0 fully saturated rings. The van der Waals surface area contributed by atoms with E-state index in [0.29, 0.717) is 17.6 Å². The van der Waals surface area contributed by atoms with Gasteiger partial charge < -0.3 is 4.90 Å². The molecular weight excluding hydrogens is 354 g/mol. The van der Waals surface area contributed by atoms with E-state index in [1.54, 1.807) is 11.9 Å². The Morgan fingerprint density at radius 1 is 1.11 bits per heavy atom. The molecule has 0 heterocycles. The largest absolute Gasteiger partial charge is 0.373 e. The standard InChI is InChI=1S/C11H16BrNO4S2/c1-13(7-6-12)10-5-4-9(18(2,14)15)8-11(10)19(3,16)17/h4-5,8H,6-7H2,1-3H3. The number of hydrogen-bond acceptors (Lipinski definition) is 5. The SMILES string of the molecule is CN(CCBr)c1ccc(S(C)(=O)=O)cc1S(C)(=O)=O. The van der Waals surface area contributed by atoms with Crippen molar-refractivity contribution in [2.24, 2.45) is 0 Å². The summed E-state index contributed by atoms with van der Waals surface area (Å²) in [6.07, 6.45) is 2.12. The van der Waals surface area contributed by atoms with Crippen molar-refractivity contribution in [3.05, 3.63) is 18.2 Å². The Labute approximate surface area is 122 Å². The van der Waals surface area contributed by atoms with Crippen LogP contribution in [-0.2, 0) is 19.7 Å². The number of halogens is 1. The van der Waals surface area contributed by atoms with Gasteiger partial charge in [0.2, 0.25) is 0 Å². The topological polar surface area (TPSA) is 71.5 Å². The molecule has 8 heteroatoms. The Kier molecular flexibility index (Phi) is 5.02. The molecule has 0 aliphatic rings. The molecule has 5 nitrogen and oxygen atoms in total. The first-order chi connectivity index (χ1) is 8.57. The third-order valence-corrected chi connectivity index (χ3v) is 5.18. The predicted molar refractivity (Wildman–Crippen MR) is 79.7 cm³/mol. The molecule has 0 atom stereocenters. The Morgan fingerprint density at radius 2 is 1.68 bits per heavy atom. The fourth-order valence-corrected chi connectivity index (χ4v) is 3.78. The lowest BCUT2D eigenvalue weighted by molar-refractivity contribution is 0.600. The number of benzene rings is 1. The lowest BCUT2D eigenvalue weighted by Crippen LogP contribution is -2.22. The van der Waals surface area contributed by atoms with Crippen molar-refractivity contribution in [1.29, 1.82) is 0 Å². The maximum Gasteiger partial charge on any atom is 0.177 e. The molecule has 0 saturated heterocycles. The zero-order valence-corrected chi connectivity index (χ0v) is 14.1. The fourth-order valence-electron chi connectivity index (χ4n) is 1.58. The molecular formula is C11H16BrNO4S2. The van der Waals surface area contributed by atoms with Crippen molar-refractivity contribution in [1.82, 2.24) is 0 Å². The first-order valence-electron chi connectivity index (χ1n) is 5.38. The summed E-state index contributed by atoms with van der Waals surface area (Å²) in [7, 11) is -5.18. The van der Waals surface area contributed by atoms with Gasteiger partial charge in [-0.05, 0) is 18.2 Å². The lowest BCUT2D eigenvalue weighted by atomic mass is 10.3. The van der Waals surface area contributed by atoms with Gasteiger partial charge >= 0.3 is 0 Å². The van der Waals surface area contributed by atoms with E-state index >= 15 is 0 Å². The summed E-state index contributed by atoms with van der Waals surface area (Å²) in [5.41, 5.74) is 0.495. The van der Waals surface area contributed by atoms with E-state index in [-0.39, 0.29) is 9.79 Å². The summed E-state index contributed by atoms with van der Waals surface area (Å²) < 4.78 is 46.6. The van der Waals surface area contributed by atoms with Gasteiger partial charge in [-0.15, -0.1) is 0 Å². The molecule has 1 aromatic rings. The smallest absolute Gasteiger partial charge is 0.177 e. The van der Waals surface area contributed by atoms with Gasteiger partial charge in [-0.2, -0.15) is 0 Å². The van der Waals surface area contributed by atoms with Crippen LogP contribution >= 0.6 is 15.9 Å². The monoisotopic (exact) mass is 369 g/mol. The van der Waals surface area contributed by atoms with Gasteiger partial charge in [-0.25, -0.2) is 16.8 Å². The molecule has 0 aromatic heterocycles. The zero-order valence-electron chi connectivity index (χ0n) is 10.9. The molecule has 0 aliphatic carbocycles. The minimum absolute atomic E-state index is 0.00363. The second-order valence-electron chi connectivity index (χ2n) is 4.28. The van der Waals surface area contributed by atoms with Crippen LogP contribution in [0.4, 0.5) is 5.69 Å². The quantitative estimate of drug-likeness (QED) is 0.732. The highest BCUT2D eigenvalue weighted by atomic mass is 79.9. The maximum absolute atomic E-state index is 11.8. The van der Waals surface area contributed by atoms with Gasteiger partial charge in [-0.1, -0.05) is 15.9 Å². The van der Waals surface area contributed by atoms with E-state index in [9.17, 15) is 16.8 Å². The van der Waals surface area contributed by atoms with E-state index < -0.39 is 19.7 Å².